The third-order valence-electron chi connectivity index (χ3n) is 5.36. The summed E-state index contributed by atoms with van der Waals surface area (Å²) in [6, 6.07) is 7.80. The molecule has 0 aromatic heterocycles. The van der Waals surface area contributed by atoms with Gasteiger partial charge in [0.15, 0.2) is 0 Å². The topological polar surface area (TPSA) is 54.5 Å². The van der Waals surface area contributed by atoms with Crippen LogP contribution >= 0.6 is 0 Å². The molecule has 1 heterocycles. The van der Waals surface area contributed by atoms with Crippen molar-refractivity contribution < 1.29 is 14.4 Å². The molecule has 0 unspecified atom stereocenters. The van der Waals surface area contributed by atoms with Crippen molar-refractivity contribution in [2.75, 3.05) is 0 Å². The molecule has 1 aliphatic heterocycles. The number of hydrogen-bond donors (Lipinski definition) is 0. The molecule has 1 saturated carbocycles. The average molecular weight is 297 g/mol. The van der Waals surface area contributed by atoms with E-state index in [4.69, 9.17) is 0 Å². The van der Waals surface area contributed by atoms with E-state index in [1.807, 2.05) is 45.0 Å². The summed E-state index contributed by atoms with van der Waals surface area (Å²) in [5.74, 6) is -1.57. The zero-order valence-corrected chi connectivity index (χ0v) is 13.0. The van der Waals surface area contributed by atoms with Crippen LogP contribution in [0, 0.1) is 11.8 Å². The molecular formula is C18H19NO3. The highest BCUT2D eigenvalue weighted by Gasteiger charge is 2.63. The van der Waals surface area contributed by atoms with E-state index in [0.717, 1.165) is 11.1 Å². The molecule has 1 saturated heterocycles. The number of Topliss-reactive ketones (excluding diaryl/α,β-unsaturated/α-hetero) is 1. The number of carbonyl (C=O) groups is 3. The lowest BCUT2D eigenvalue weighted by molar-refractivity contribution is -0.145. The fourth-order valence-electron chi connectivity index (χ4n) is 4.62. The van der Waals surface area contributed by atoms with E-state index in [-0.39, 0.29) is 29.4 Å². The second-order valence-electron chi connectivity index (χ2n) is 7.62. The first-order valence-electron chi connectivity index (χ1n) is 7.82. The first-order chi connectivity index (χ1) is 10.3. The minimum Gasteiger partial charge on any atom is -0.299 e. The second kappa shape index (κ2) is 4.06. The highest BCUT2D eigenvalue weighted by molar-refractivity contribution is 6.11. The molecule has 2 bridgehead atoms. The average Bonchev–Trinajstić information content (AvgIpc) is 2.71. The van der Waals surface area contributed by atoms with E-state index in [2.05, 4.69) is 0 Å². The summed E-state index contributed by atoms with van der Waals surface area (Å²) in [6.45, 7) is 5.62. The molecule has 4 heteroatoms. The number of amides is 2. The smallest absolute Gasteiger partial charge is 0.234 e. The number of likely N-dealkylation sites (tertiary alicyclic amines) is 1. The van der Waals surface area contributed by atoms with Crippen LogP contribution < -0.4 is 0 Å². The summed E-state index contributed by atoms with van der Waals surface area (Å²) in [6.07, 6.45) is 0.389. The number of benzene rings is 1. The normalized spacial score (nSPS) is 33.2. The first-order valence-corrected chi connectivity index (χ1v) is 7.82. The van der Waals surface area contributed by atoms with E-state index in [0.29, 0.717) is 6.42 Å². The fourth-order valence-corrected chi connectivity index (χ4v) is 4.62. The molecule has 4 nitrogen and oxygen atoms in total. The van der Waals surface area contributed by atoms with E-state index < -0.39 is 17.4 Å². The SMILES string of the molecule is CC(C)(C)N1C(=O)[C@@H]2[C@@H](C1=O)[C@H]1C(=O)C[C@@H]2c2ccccc21. The van der Waals surface area contributed by atoms with Gasteiger partial charge in [-0.2, -0.15) is 0 Å². The number of hydrogen-bond acceptors (Lipinski definition) is 3. The van der Waals surface area contributed by atoms with Crippen molar-refractivity contribution in [3.05, 3.63) is 35.4 Å². The van der Waals surface area contributed by atoms with E-state index >= 15 is 0 Å². The summed E-state index contributed by atoms with van der Waals surface area (Å²) >= 11 is 0. The van der Waals surface area contributed by atoms with Crippen molar-refractivity contribution in [3.63, 3.8) is 0 Å². The minimum atomic E-state index is -0.541. The predicted octanol–water partition coefficient (Wildman–Crippen LogP) is 2.24. The third kappa shape index (κ3) is 1.50. The molecule has 114 valence electrons. The highest BCUT2D eigenvalue weighted by Crippen LogP contribution is 2.57. The Morgan fingerprint density at radius 3 is 2.18 bits per heavy atom. The fraction of sp³-hybridized carbons (Fsp3) is 0.500. The van der Waals surface area contributed by atoms with Crippen molar-refractivity contribution in [2.45, 2.75) is 44.6 Å². The number of carbonyl (C=O) groups excluding carboxylic acids is 3. The maximum absolute atomic E-state index is 12.9. The maximum atomic E-state index is 12.9. The van der Waals surface area contributed by atoms with Crippen LogP contribution in [0.4, 0.5) is 0 Å². The van der Waals surface area contributed by atoms with Gasteiger partial charge in [-0.1, -0.05) is 24.3 Å². The molecule has 22 heavy (non-hydrogen) atoms. The van der Waals surface area contributed by atoms with Gasteiger partial charge in [0.25, 0.3) is 0 Å². The van der Waals surface area contributed by atoms with Gasteiger partial charge in [0.1, 0.15) is 5.78 Å². The molecule has 2 fully saturated rings. The monoisotopic (exact) mass is 297 g/mol. The quantitative estimate of drug-likeness (QED) is 0.690. The van der Waals surface area contributed by atoms with Gasteiger partial charge in [-0.05, 0) is 31.9 Å². The zero-order chi connectivity index (χ0) is 15.8. The minimum absolute atomic E-state index is 0.0977. The van der Waals surface area contributed by atoms with Crippen molar-refractivity contribution in [1.82, 2.24) is 4.90 Å². The summed E-state index contributed by atoms with van der Waals surface area (Å²) < 4.78 is 0. The molecule has 4 atom stereocenters. The van der Waals surface area contributed by atoms with Gasteiger partial charge in [-0.3, -0.25) is 19.3 Å². The van der Waals surface area contributed by atoms with Gasteiger partial charge in [0.05, 0.1) is 17.8 Å². The molecule has 4 aliphatic rings. The molecule has 1 aromatic carbocycles. The van der Waals surface area contributed by atoms with Crippen LogP contribution in [0.25, 0.3) is 0 Å². The molecule has 3 aliphatic carbocycles. The number of rotatable bonds is 0. The van der Waals surface area contributed by atoms with Crippen molar-refractivity contribution in [2.24, 2.45) is 11.8 Å². The Bertz CT molecular complexity index is 715. The van der Waals surface area contributed by atoms with Gasteiger partial charge in [0, 0.05) is 17.9 Å². The molecule has 0 spiro atoms. The molecule has 2 amide bonds. The van der Waals surface area contributed by atoms with Gasteiger partial charge >= 0.3 is 0 Å². The lowest BCUT2D eigenvalue weighted by Gasteiger charge is -2.43. The Hall–Kier alpha value is -1.97. The Balaban J connectivity index is 1.90. The van der Waals surface area contributed by atoms with Crippen molar-refractivity contribution in [3.8, 4) is 0 Å². The zero-order valence-electron chi connectivity index (χ0n) is 13.0. The van der Waals surface area contributed by atoms with Crippen LogP contribution in [0.3, 0.4) is 0 Å². The van der Waals surface area contributed by atoms with Crippen LogP contribution in [0.2, 0.25) is 0 Å². The largest absolute Gasteiger partial charge is 0.299 e. The third-order valence-corrected chi connectivity index (χ3v) is 5.36. The van der Waals surface area contributed by atoms with Gasteiger partial charge in [-0.15, -0.1) is 0 Å². The molecule has 0 radical (unpaired) electrons. The summed E-state index contributed by atoms with van der Waals surface area (Å²) in [4.78, 5) is 39.7. The second-order valence-corrected chi connectivity index (χ2v) is 7.62. The predicted molar refractivity (Wildman–Crippen MR) is 80.1 cm³/mol. The van der Waals surface area contributed by atoms with Gasteiger partial charge < -0.3 is 0 Å². The Labute approximate surface area is 129 Å². The van der Waals surface area contributed by atoms with Crippen LogP contribution in [0.1, 0.15) is 50.2 Å². The van der Waals surface area contributed by atoms with Gasteiger partial charge in [-0.25, -0.2) is 0 Å². The number of fused-ring (bicyclic) bond motifs is 1. The van der Waals surface area contributed by atoms with Crippen LogP contribution in [-0.4, -0.2) is 28.0 Å². The molecular weight excluding hydrogens is 278 g/mol. The van der Waals surface area contributed by atoms with Gasteiger partial charge in [0.2, 0.25) is 11.8 Å². The van der Waals surface area contributed by atoms with Crippen molar-refractivity contribution in [1.29, 1.82) is 0 Å². The molecule has 0 N–H and O–H groups in total. The Morgan fingerprint density at radius 1 is 0.955 bits per heavy atom. The summed E-state index contributed by atoms with van der Waals surface area (Å²) in [7, 11) is 0. The number of imide groups is 1. The Morgan fingerprint density at radius 2 is 1.55 bits per heavy atom. The molecule has 1 aromatic rings. The molecule has 5 rings (SSSR count). The summed E-state index contributed by atoms with van der Waals surface area (Å²) in [5, 5.41) is 0. The van der Waals surface area contributed by atoms with Crippen LogP contribution in [-0.2, 0) is 14.4 Å². The summed E-state index contributed by atoms with van der Waals surface area (Å²) in [5.41, 5.74) is 1.51. The standard InChI is InChI=1S/C18H19NO3/c1-18(2,3)19-16(21)14-11-8-12(20)13(15(14)17(19)22)10-7-5-4-6-9(10)11/h4-7,11,13-15H,8H2,1-3H3/t11-,13-,14+,15+/m1/s1. The number of nitrogens with zero attached hydrogens (tertiary/aromatic N) is 1. The Kier molecular flexibility index (Phi) is 2.52. The van der Waals surface area contributed by atoms with Crippen LogP contribution in [0.5, 0.6) is 0 Å². The van der Waals surface area contributed by atoms with Crippen molar-refractivity contribution >= 4 is 17.6 Å². The lowest BCUT2D eigenvalue weighted by atomic mass is 9.56. The van der Waals surface area contributed by atoms with Crippen LogP contribution in [0.15, 0.2) is 24.3 Å². The van der Waals surface area contributed by atoms with E-state index in [1.54, 1.807) is 0 Å². The highest BCUT2D eigenvalue weighted by atomic mass is 16.2. The van der Waals surface area contributed by atoms with E-state index in [1.165, 1.54) is 4.90 Å². The first kappa shape index (κ1) is 13.7. The maximum Gasteiger partial charge on any atom is 0.234 e. The number of ketones is 1. The van der Waals surface area contributed by atoms with E-state index in [9.17, 15) is 14.4 Å². The lowest BCUT2D eigenvalue weighted by Crippen LogP contribution is -2.46.